The Bertz CT molecular complexity index is 1160. The zero-order valence-electron chi connectivity index (χ0n) is 14.0. The molecule has 0 aliphatic heterocycles. The van der Waals surface area contributed by atoms with Gasteiger partial charge >= 0.3 is 5.97 Å². The van der Waals surface area contributed by atoms with Crippen LogP contribution in [0.5, 0.6) is 0 Å². The lowest BCUT2D eigenvalue weighted by atomic mass is 10.2. The van der Waals surface area contributed by atoms with Gasteiger partial charge in [0.1, 0.15) is 11.3 Å². The Morgan fingerprint density at radius 3 is 2.68 bits per heavy atom. The first-order chi connectivity index (χ1) is 13.3. The van der Waals surface area contributed by atoms with E-state index in [0.29, 0.717) is 5.39 Å². The van der Waals surface area contributed by atoms with E-state index >= 15 is 0 Å². The van der Waals surface area contributed by atoms with Crippen molar-refractivity contribution >= 4 is 45.8 Å². The number of benzene rings is 2. The minimum atomic E-state index is -1.02. The van der Waals surface area contributed by atoms with Crippen molar-refractivity contribution in [2.24, 2.45) is 0 Å². The molecule has 0 saturated carbocycles. The summed E-state index contributed by atoms with van der Waals surface area (Å²) in [6, 6.07) is 11.0. The van der Waals surface area contributed by atoms with Gasteiger partial charge in [0.25, 0.3) is 11.6 Å². The van der Waals surface area contributed by atoms with Crippen LogP contribution in [0.3, 0.4) is 0 Å². The minimum absolute atomic E-state index is 0.104. The number of esters is 1. The van der Waals surface area contributed by atoms with Crippen LogP contribution in [0, 0.1) is 10.1 Å². The Morgan fingerprint density at radius 1 is 1.18 bits per heavy atom. The van der Waals surface area contributed by atoms with Crippen LogP contribution in [0.25, 0.3) is 11.0 Å². The topological polar surface area (TPSA) is 129 Å². The standard InChI is InChI=1S/C18H11ClN2O7/c19-10-5-6-12(13(7-10)21(25)26)20-17(23)9-27-18(24)16-8-14(22)11-3-1-2-4-15(11)28-16/h1-8H,9H2,(H,20,23). The number of nitrogens with one attached hydrogen (secondary N) is 1. The van der Waals surface area contributed by atoms with Gasteiger partial charge in [0.15, 0.2) is 12.0 Å². The molecule has 0 aliphatic carbocycles. The van der Waals surface area contributed by atoms with Crippen molar-refractivity contribution in [3.63, 3.8) is 0 Å². The molecule has 1 amide bonds. The van der Waals surface area contributed by atoms with E-state index in [-0.39, 0.29) is 22.1 Å². The normalized spacial score (nSPS) is 10.5. The summed E-state index contributed by atoms with van der Waals surface area (Å²) in [6.07, 6.45) is 0. The van der Waals surface area contributed by atoms with Crippen molar-refractivity contribution in [1.29, 1.82) is 0 Å². The molecule has 0 spiro atoms. The summed E-state index contributed by atoms with van der Waals surface area (Å²) in [4.78, 5) is 46.3. The molecule has 0 unspecified atom stereocenters. The van der Waals surface area contributed by atoms with Gasteiger partial charge in [0.05, 0.1) is 10.3 Å². The summed E-state index contributed by atoms with van der Waals surface area (Å²) in [5.74, 6) is -2.21. The molecule has 1 aromatic heterocycles. The fraction of sp³-hybridized carbons (Fsp3) is 0.0556. The highest BCUT2D eigenvalue weighted by atomic mass is 35.5. The van der Waals surface area contributed by atoms with E-state index in [2.05, 4.69) is 5.32 Å². The zero-order chi connectivity index (χ0) is 20.3. The van der Waals surface area contributed by atoms with Crippen LogP contribution >= 0.6 is 11.6 Å². The van der Waals surface area contributed by atoms with Gasteiger partial charge in [-0.1, -0.05) is 23.7 Å². The summed E-state index contributed by atoms with van der Waals surface area (Å²) in [5, 5.41) is 13.7. The molecule has 0 fully saturated rings. The Balaban J connectivity index is 1.69. The number of hydrogen-bond donors (Lipinski definition) is 1. The number of anilines is 1. The summed E-state index contributed by atoms with van der Waals surface area (Å²) in [6.45, 7) is -0.741. The molecule has 9 nitrogen and oxygen atoms in total. The second kappa shape index (κ2) is 7.89. The molecule has 28 heavy (non-hydrogen) atoms. The Kier molecular flexibility index (Phi) is 5.37. The predicted molar refractivity (Wildman–Crippen MR) is 99.5 cm³/mol. The molecule has 0 bridgehead atoms. The lowest BCUT2D eigenvalue weighted by molar-refractivity contribution is -0.383. The number of hydrogen-bond acceptors (Lipinski definition) is 7. The first-order valence-electron chi connectivity index (χ1n) is 7.79. The van der Waals surface area contributed by atoms with Crippen molar-refractivity contribution in [2.45, 2.75) is 0 Å². The third-order valence-electron chi connectivity index (χ3n) is 3.60. The van der Waals surface area contributed by atoms with Crippen molar-refractivity contribution in [3.8, 4) is 0 Å². The van der Waals surface area contributed by atoms with Gasteiger partial charge in [-0.15, -0.1) is 0 Å². The number of ether oxygens (including phenoxy) is 1. The van der Waals surface area contributed by atoms with Crippen molar-refractivity contribution < 1.29 is 23.7 Å². The van der Waals surface area contributed by atoms with Crippen LogP contribution in [0.4, 0.5) is 11.4 Å². The molecule has 142 valence electrons. The summed E-state index contributed by atoms with van der Waals surface area (Å²) in [5.41, 5.74) is -0.751. The number of nitrogens with zero attached hydrogens (tertiary/aromatic N) is 1. The van der Waals surface area contributed by atoms with Gasteiger partial charge in [-0.25, -0.2) is 4.79 Å². The Morgan fingerprint density at radius 2 is 1.93 bits per heavy atom. The van der Waals surface area contributed by atoms with E-state index in [1.165, 1.54) is 18.2 Å². The van der Waals surface area contributed by atoms with Gasteiger partial charge in [-0.3, -0.25) is 19.7 Å². The third-order valence-corrected chi connectivity index (χ3v) is 3.84. The van der Waals surface area contributed by atoms with Crippen molar-refractivity contribution in [3.05, 3.63) is 79.7 Å². The molecule has 1 N–H and O–H groups in total. The number of rotatable bonds is 5. The van der Waals surface area contributed by atoms with Crippen LogP contribution in [-0.2, 0) is 9.53 Å². The average molecular weight is 403 g/mol. The smallest absolute Gasteiger partial charge is 0.374 e. The number of para-hydroxylation sites is 1. The number of amides is 1. The van der Waals surface area contributed by atoms with Gasteiger partial charge < -0.3 is 14.5 Å². The first-order valence-corrected chi connectivity index (χ1v) is 8.17. The second-order valence-corrected chi connectivity index (χ2v) is 5.95. The molecule has 3 rings (SSSR count). The Labute approximate surface area is 161 Å². The predicted octanol–water partition coefficient (Wildman–Crippen LogP) is 3.15. The molecule has 0 aliphatic rings. The number of carbonyl (C=O) groups excluding carboxylic acids is 2. The van der Waals surface area contributed by atoms with Crippen molar-refractivity contribution in [2.75, 3.05) is 11.9 Å². The largest absolute Gasteiger partial charge is 0.450 e. The lowest BCUT2D eigenvalue weighted by Gasteiger charge is -2.07. The number of carbonyl (C=O) groups is 2. The maximum absolute atomic E-state index is 12.1. The van der Waals surface area contributed by atoms with Gasteiger partial charge in [-0.2, -0.15) is 0 Å². The maximum Gasteiger partial charge on any atom is 0.374 e. The first kappa shape index (κ1) is 19.1. The fourth-order valence-electron chi connectivity index (χ4n) is 2.35. The summed E-state index contributed by atoms with van der Waals surface area (Å²) >= 11 is 5.70. The molecule has 2 aromatic carbocycles. The van der Waals surface area contributed by atoms with Gasteiger partial charge in [0.2, 0.25) is 5.76 Å². The second-order valence-electron chi connectivity index (χ2n) is 5.51. The summed E-state index contributed by atoms with van der Waals surface area (Å²) < 4.78 is 10.1. The van der Waals surface area contributed by atoms with E-state index in [1.54, 1.807) is 18.2 Å². The number of nitro benzene ring substituents is 1. The molecule has 3 aromatic rings. The highest BCUT2D eigenvalue weighted by Gasteiger charge is 2.19. The van der Waals surface area contributed by atoms with Crippen LogP contribution in [0.15, 0.2) is 57.7 Å². The van der Waals surface area contributed by atoms with Gasteiger partial charge in [-0.05, 0) is 24.3 Å². The molecule has 0 atom stereocenters. The maximum atomic E-state index is 12.1. The molecule has 0 radical (unpaired) electrons. The quantitative estimate of drug-likeness (QED) is 0.394. The average Bonchev–Trinajstić information content (AvgIpc) is 2.67. The monoisotopic (exact) mass is 402 g/mol. The molecular weight excluding hydrogens is 392 g/mol. The Hall–Kier alpha value is -3.72. The van der Waals surface area contributed by atoms with Crippen LogP contribution in [-0.4, -0.2) is 23.4 Å². The fourth-order valence-corrected chi connectivity index (χ4v) is 2.52. The van der Waals surface area contributed by atoms with Crippen LogP contribution in [0.2, 0.25) is 5.02 Å². The van der Waals surface area contributed by atoms with Gasteiger partial charge in [0, 0.05) is 17.2 Å². The van der Waals surface area contributed by atoms with E-state index in [4.69, 9.17) is 20.8 Å². The molecule has 0 saturated heterocycles. The molecule has 10 heteroatoms. The number of halogens is 1. The molecular formula is C18H11ClN2O7. The third kappa shape index (κ3) is 4.15. The minimum Gasteiger partial charge on any atom is -0.450 e. The van der Waals surface area contributed by atoms with Crippen molar-refractivity contribution in [1.82, 2.24) is 0 Å². The van der Waals surface area contributed by atoms with E-state index < -0.39 is 34.5 Å². The summed E-state index contributed by atoms with van der Waals surface area (Å²) in [7, 11) is 0. The lowest BCUT2D eigenvalue weighted by Crippen LogP contribution is -2.22. The van der Waals surface area contributed by atoms with E-state index in [0.717, 1.165) is 12.1 Å². The van der Waals surface area contributed by atoms with Crippen LogP contribution in [0.1, 0.15) is 10.6 Å². The SMILES string of the molecule is O=C(COC(=O)c1cc(=O)c2ccccc2o1)Nc1ccc(Cl)cc1[N+](=O)[O-]. The van der Waals surface area contributed by atoms with Crippen LogP contribution < -0.4 is 10.7 Å². The molecule has 1 heterocycles. The zero-order valence-corrected chi connectivity index (χ0v) is 14.8. The van der Waals surface area contributed by atoms with E-state index in [9.17, 15) is 24.5 Å². The highest BCUT2D eigenvalue weighted by Crippen LogP contribution is 2.27. The highest BCUT2D eigenvalue weighted by molar-refractivity contribution is 6.31. The number of fused-ring (bicyclic) bond motifs is 1. The van der Waals surface area contributed by atoms with E-state index in [1.807, 2.05) is 0 Å². The number of nitro groups is 1.